The van der Waals surface area contributed by atoms with E-state index in [0.29, 0.717) is 21.8 Å². The van der Waals surface area contributed by atoms with Crippen LogP contribution in [0.15, 0.2) is 60.7 Å². The highest BCUT2D eigenvalue weighted by molar-refractivity contribution is 6.04. The third-order valence-electron chi connectivity index (χ3n) is 6.08. The second-order valence-corrected chi connectivity index (χ2v) is 7.77. The maximum Gasteiger partial charge on any atom is 0.380 e. The number of hydrogen-bond acceptors (Lipinski definition) is 0. The van der Waals surface area contributed by atoms with Gasteiger partial charge in [0, 0.05) is 35.9 Å². The Kier molecular flexibility index (Phi) is 3.80. The molecule has 160 valence electrons. The number of para-hydroxylation sites is 2. The highest BCUT2D eigenvalue weighted by Gasteiger charge is 2.80. The first-order valence-electron chi connectivity index (χ1n) is 9.48. The normalized spacial score (nSPS) is 19.6. The molecule has 0 saturated carbocycles. The largest absolute Gasteiger partial charge is 0.380 e. The molecule has 5 rings (SSSR count). The van der Waals surface area contributed by atoms with E-state index in [4.69, 9.17) is 0 Å². The second-order valence-electron chi connectivity index (χ2n) is 7.77. The third kappa shape index (κ3) is 2.30. The molecule has 2 aromatic heterocycles. The smallest absolute Gasteiger partial charge is 0.344 e. The summed E-state index contributed by atoms with van der Waals surface area (Å²) >= 11 is 0. The minimum atomic E-state index is -5.59. The van der Waals surface area contributed by atoms with Gasteiger partial charge in [0.15, 0.2) is 0 Å². The summed E-state index contributed by atoms with van der Waals surface area (Å²) < 4.78 is 92.0. The van der Waals surface area contributed by atoms with Gasteiger partial charge in [-0.25, -0.2) is 0 Å². The first-order chi connectivity index (χ1) is 14.5. The number of benzene rings is 2. The summed E-state index contributed by atoms with van der Waals surface area (Å²) in [6.07, 6.45) is 0. The van der Waals surface area contributed by atoms with E-state index in [0.717, 1.165) is 0 Å². The predicted octanol–water partition coefficient (Wildman–Crippen LogP) is 6.50. The number of allylic oxidation sites excluding steroid dienone is 2. The number of hydrogen-bond donors (Lipinski definition) is 0. The van der Waals surface area contributed by atoms with Crippen LogP contribution in [0, 0.1) is 0 Å². The second kappa shape index (κ2) is 5.96. The first-order valence-corrected chi connectivity index (χ1v) is 9.48. The lowest BCUT2D eigenvalue weighted by Crippen LogP contribution is -2.49. The van der Waals surface area contributed by atoms with Gasteiger partial charge < -0.3 is 9.13 Å². The van der Waals surface area contributed by atoms with Crippen molar-refractivity contribution in [3.8, 4) is 0 Å². The molecule has 0 N–H and O–H groups in total. The van der Waals surface area contributed by atoms with Crippen LogP contribution < -0.4 is 0 Å². The highest BCUT2D eigenvalue weighted by Crippen LogP contribution is 2.65. The van der Waals surface area contributed by atoms with Crippen LogP contribution >= 0.6 is 0 Å². The molecule has 4 aromatic rings. The maximum absolute atomic E-state index is 15.1. The lowest BCUT2D eigenvalue weighted by molar-refractivity contribution is -0.254. The monoisotopic (exact) mass is 434 g/mol. The zero-order valence-electron chi connectivity index (χ0n) is 16.4. The van der Waals surface area contributed by atoms with Crippen LogP contribution in [0.3, 0.4) is 0 Å². The third-order valence-corrected chi connectivity index (χ3v) is 6.08. The summed E-state index contributed by atoms with van der Waals surface area (Å²) in [6, 6.07) is 15.6. The van der Waals surface area contributed by atoms with E-state index in [2.05, 4.69) is 0 Å². The lowest BCUT2D eigenvalue weighted by Gasteiger charge is -2.25. The number of rotatable bonds is 2. The molecule has 0 spiro atoms. The van der Waals surface area contributed by atoms with Gasteiger partial charge >= 0.3 is 17.8 Å². The first kappa shape index (κ1) is 19.8. The van der Waals surface area contributed by atoms with Gasteiger partial charge in [0.2, 0.25) is 0 Å². The van der Waals surface area contributed by atoms with E-state index in [1.165, 1.54) is 35.4 Å². The van der Waals surface area contributed by atoms with Crippen molar-refractivity contribution in [2.24, 2.45) is 14.1 Å². The van der Waals surface area contributed by atoms with E-state index >= 15 is 17.6 Å². The number of nitrogens with zero attached hydrogens (tertiary/aromatic N) is 2. The molecule has 2 heterocycles. The number of alkyl halides is 6. The fourth-order valence-corrected chi connectivity index (χ4v) is 4.46. The van der Waals surface area contributed by atoms with Crippen LogP contribution in [0.5, 0.6) is 0 Å². The standard InChI is InChI=1S/C23H16F6N2/c1-30-15-9-5-3-7-13(15)11-17(30)19-20(22(26,27)23(28,29)21(19,24)25)18-12-14-8-4-6-10-16(14)31(18)2/h3-12H,1-2H3. The van der Waals surface area contributed by atoms with Gasteiger partial charge in [-0.15, -0.1) is 0 Å². The molecule has 0 amide bonds. The van der Waals surface area contributed by atoms with Crippen LogP contribution in [0.1, 0.15) is 11.4 Å². The maximum atomic E-state index is 15.1. The summed E-state index contributed by atoms with van der Waals surface area (Å²) in [7, 11) is 2.79. The average Bonchev–Trinajstić information content (AvgIpc) is 3.25. The molecule has 1 aliphatic rings. The molecule has 0 saturated heterocycles. The van der Waals surface area contributed by atoms with E-state index in [1.807, 2.05) is 0 Å². The summed E-state index contributed by atoms with van der Waals surface area (Å²) in [5.41, 5.74) is -2.52. The molecule has 0 fully saturated rings. The summed E-state index contributed by atoms with van der Waals surface area (Å²) in [6.45, 7) is 0. The Morgan fingerprint density at radius 2 is 0.935 bits per heavy atom. The molecule has 8 heteroatoms. The van der Waals surface area contributed by atoms with Crippen molar-refractivity contribution >= 4 is 33.0 Å². The van der Waals surface area contributed by atoms with Gasteiger partial charge in [0.25, 0.3) is 0 Å². The van der Waals surface area contributed by atoms with Crippen molar-refractivity contribution in [3.05, 3.63) is 72.1 Å². The van der Waals surface area contributed by atoms with Crippen LogP contribution in [0.25, 0.3) is 33.0 Å². The van der Waals surface area contributed by atoms with Crippen molar-refractivity contribution in [2.75, 3.05) is 0 Å². The Balaban J connectivity index is 1.94. The molecule has 0 radical (unpaired) electrons. The number of aryl methyl sites for hydroxylation is 2. The summed E-state index contributed by atoms with van der Waals surface area (Å²) in [5, 5.41) is 0.969. The molecular formula is C23H16F6N2. The Bertz CT molecular complexity index is 1290. The predicted molar refractivity (Wildman–Crippen MR) is 107 cm³/mol. The molecule has 2 nitrogen and oxygen atoms in total. The van der Waals surface area contributed by atoms with Crippen LogP contribution in [0.4, 0.5) is 26.3 Å². The van der Waals surface area contributed by atoms with Gasteiger partial charge in [0.1, 0.15) is 0 Å². The Hall–Kier alpha value is -3.16. The molecule has 1 aliphatic carbocycles. The topological polar surface area (TPSA) is 9.86 Å². The minimum absolute atomic E-state index is 0.372. The van der Waals surface area contributed by atoms with E-state index < -0.39 is 28.9 Å². The zero-order valence-corrected chi connectivity index (χ0v) is 16.4. The van der Waals surface area contributed by atoms with Crippen molar-refractivity contribution in [3.63, 3.8) is 0 Å². The molecule has 0 unspecified atom stereocenters. The van der Waals surface area contributed by atoms with Crippen molar-refractivity contribution in [1.29, 1.82) is 0 Å². The SMILES string of the molecule is Cn1c(C2=C(c3cc4ccccc4n3C)C(F)(F)C(F)(F)C2(F)F)cc2ccccc21. The zero-order chi connectivity index (χ0) is 22.3. The summed E-state index contributed by atoms with van der Waals surface area (Å²) in [4.78, 5) is 0. The van der Waals surface area contributed by atoms with Crippen LogP contribution in [-0.4, -0.2) is 26.9 Å². The molecular weight excluding hydrogens is 418 g/mol. The number of halogens is 6. The van der Waals surface area contributed by atoms with E-state index in [-0.39, 0.29) is 11.4 Å². The average molecular weight is 434 g/mol. The molecule has 2 aromatic carbocycles. The Morgan fingerprint density at radius 3 is 1.29 bits per heavy atom. The molecule has 31 heavy (non-hydrogen) atoms. The highest BCUT2D eigenvalue weighted by atomic mass is 19.3. The van der Waals surface area contributed by atoms with Crippen molar-refractivity contribution in [2.45, 2.75) is 17.8 Å². The van der Waals surface area contributed by atoms with Crippen molar-refractivity contribution < 1.29 is 26.3 Å². The van der Waals surface area contributed by atoms with Gasteiger partial charge in [-0.05, 0) is 24.3 Å². The van der Waals surface area contributed by atoms with E-state index in [9.17, 15) is 8.78 Å². The van der Waals surface area contributed by atoms with Crippen molar-refractivity contribution in [1.82, 2.24) is 9.13 Å². The van der Waals surface area contributed by atoms with Gasteiger partial charge in [-0.2, -0.15) is 26.3 Å². The van der Waals surface area contributed by atoms with Crippen LogP contribution in [-0.2, 0) is 14.1 Å². The fraction of sp³-hybridized carbons (Fsp3) is 0.217. The number of aromatic nitrogens is 2. The Labute approximate surface area is 173 Å². The lowest BCUT2D eigenvalue weighted by atomic mass is 10.0. The molecule has 0 atom stereocenters. The van der Waals surface area contributed by atoms with Crippen LogP contribution in [0.2, 0.25) is 0 Å². The van der Waals surface area contributed by atoms with Gasteiger partial charge in [0.05, 0.1) is 22.5 Å². The molecule has 0 bridgehead atoms. The summed E-state index contributed by atoms with van der Waals surface area (Å²) in [5.74, 6) is -15.7. The Morgan fingerprint density at radius 1 is 0.581 bits per heavy atom. The van der Waals surface area contributed by atoms with Gasteiger partial charge in [-0.3, -0.25) is 0 Å². The fourth-order valence-electron chi connectivity index (χ4n) is 4.46. The van der Waals surface area contributed by atoms with E-state index in [1.54, 1.807) is 48.5 Å². The quantitative estimate of drug-likeness (QED) is 0.319. The molecule has 0 aliphatic heterocycles. The minimum Gasteiger partial charge on any atom is -0.344 e. The van der Waals surface area contributed by atoms with Gasteiger partial charge in [-0.1, -0.05) is 36.4 Å². The number of fused-ring (bicyclic) bond motifs is 2.